The molecule has 0 atom stereocenters. The van der Waals surface area contributed by atoms with Crippen LogP contribution in [0, 0.1) is 10.1 Å². The summed E-state index contributed by atoms with van der Waals surface area (Å²) in [5.74, 6) is 1.30. The van der Waals surface area contributed by atoms with Gasteiger partial charge in [-0.3, -0.25) is 14.9 Å². The maximum atomic E-state index is 12.6. The summed E-state index contributed by atoms with van der Waals surface area (Å²) in [6, 6.07) is 16.5. The van der Waals surface area contributed by atoms with E-state index >= 15 is 0 Å². The molecule has 0 spiro atoms. The molecule has 0 unspecified atom stereocenters. The first kappa shape index (κ1) is 19.9. The number of nitrogens with zero attached hydrogens (tertiary/aromatic N) is 2. The Bertz CT molecular complexity index is 1280. The standard InChI is InChI=1S/C22H18N4O5/c1-30-19-10-5-14(11-20(19)31-2)22(27)23-15-6-3-13(4-7-15)21-24-17-9-8-16(26(28)29)12-18(17)25-21/h3-12H,1-2H3,(H,23,27)(H,24,25). The van der Waals surface area contributed by atoms with Crippen LogP contribution in [0.2, 0.25) is 0 Å². The first-order valence-electron chi connectivity index (χ1n) is 9.26. The molecule has 156 valence electrons. The van der Waals surface area contributed by atoms with Crippen molar-refractivity contribution in [1.82, 2.24) is 9.97 Å². The summed E-state index contributed by atoms with van der Waals surface area (Å²) >= 11 is 0. The maximum absolute atomic E-state index is 12.6. The minimum atomic E-state index is -0.449. The van der Waals surface area contributed by atoms with Crippen LogP contribution >= 0.6 is 0 Å². The number of carbonyl (C=O) groups excluding carboxylic acids is 1. The third kappa shape index (κ3) is 4.01. The number of aromatic nitrogens is 2. The molecule has 0 saturated heterocycles. The monoisotopic (exact) mass is 418 g/mol. The molecule has 0 aliphatic heterocycles. The number of amides is 1. The molecule has 2 N–H and O–H groups in total. The van der Waals surface area contributed by atoms with Crippen LogP contribution in [-0.2, 0) is 0 Å². The van der Waals surface area contributed by atoms with Gasteiger partial charge in [-0.2, -0.15) is 0 Å². The molecule has 3 aromatic carbocycles. The predicted molar refractivity (Wildman–Crippen MR) is 116 cm³/mol. The Morgan fingerprint density at radius 2 is 1.74 bits per heavy atom. The molecule has 1 amide bonds. The van der Waals surface area contributed by atoms with Crippen LogP contribution in [0.4, 0.5) is 11.4 Å². The lowest BCUT2D eigenvalue weighted by atomic mass is 10.1. The summed E-state index contributed by atoms with van der Waals surface area (Å²) in [7, 11) is 3.04. The number of nitro groups is 1. The largest absolute Gasteiger partial charge is 0.493 e. The highest BCUT2D eigenvalue weighted by Gasteiger charge is 2.13. The second-order valence-corrected chi connectivity index (χ2v) is 6.65. The van der Waals surface area contributed by atoms with Gasteiger partial charge >= 0.3 is 0 Å². The molecule has 9 heteroatoms. The van der Waals surface area contributed by atoms with Crippen LogP contribution in [0.5, 0.6) is 11.5 Å². The minimum Gasteiger partial charge on any atom is -0.493 e. The Morgan fingerprint density at radius 1 is 1.00 bits per heavy atom. The van der Waals surface area contributed by atoms with Crippen molar-refractivity contribution < 1.29 is 19.2 Å². The van der Waals surface area contributed by atoms with E-state index in [1.807, 2.05) is 0 Å². The topological polar surface area (TPSA) is 119 Å². The number of aromatic amines is 1. The van der Waals surface area contributed by atoms with E-state index in [-0.39, 0.29) is 11.6 Å². The molecule has 4 aromatic rings. The number of H-pyrrole nitrogens is 1. The van der Waals surface area contributed by atoms with E-state index in [2.05, 4.69) is 15.3 Å². The number of rotatable bonds is 6. The fourth-order valence-electron chi connectivity index (χ4n) is 3.14. The van der Waals surface area contributed by atoms with E-state index in [4.69, 9.17) is 9.47 Å². The smallest absolute Gasteiger partial charge is 0.271 e. The average Bonchev–Trinajstić information content (AvgIpc) is 3.22. The molecule has 0 saturated carbocycles. The summed E-state index contributed by atoms with van der Waals surface area (Å²) in [5, 5.41) is 13.8. The van der Waals surface area contributed by atoms with E-state index in [1.54, 1.807) is 48.5 Å². The van der Waals surface area contributed by atoms with Crippen LogP contribution in [-0.4, -0.2) is 35.0 Å². The molecule has 0 aliphatic carbocycles. The Labute approximate surface area is 176 Å². The van der Waals surface area contributed by atoms with Crippen molar-refractivity contribution in [1.29, 1.82) is 0 Å². The van der Waals surface area contributed by atoms with Gasteiger partial charge in [0.05, 0.1) is 30.2 Å². The number of hydrogen-bond donors (Lipinski definition) is 2. The summed E-state index contributed by atoms with van der Waals surface area (Å²) in [6.07, 6.45) is 0. The maximum Gasteiger partial charge on any atom is 0.271 e. The number of non-ortho nitro benzene ring substituents is 1. The van der Waals surface area contributed by atoms with E-state index in [0.717, 1.165) is 5.56 Å². The van der Waals surface area contributed by atoms with Gasteiger partial charge in [-0.1, -0.05) is 0 Å². The van der Waals surface area contributed by atoms with E-state index < -0.39 is 4.92 Å². The molecule has 31 heavy (non-hydrogen) atoms. The van der Waals surface area contributed by atoms with Gasteiger partial charge in [0.25, 0.3) is 11.6 Å². The van der Waals surface area contributed by atoms with Gasteiger partial charge in [0.1, 0.15) is 5.82 Å². The molecule has 4 rings (SSSR count). The number of benzene rings is 3. The van der Waals surface area contributed by atoms with Gasteiger partial charge in [-0.25, -0.2) is 4.98 Å². The number of methoxy groups -OCH3 is 2. The molecule has 9 nitrogen and oxygen atoms in total. The first-order valence-corrected chi connectivity index (χ1v) is 9.26. The zero-order valence-corrected chi connectivity index (χ0v) is 16.7. The highest BCUT2D eigenvalue weighted by molar-refractivity contribution is 6.04. The van der Waals surface area contributed by atoms with Crippen molar-refractivity contribution in [2.75, 3.05) is 19.5 Å². The van der Waals surface area contributed by atoms with Crippen LogP contribution in [0.1, 0.15) is 10.4 Å². The number of anilines is 1. The molecule has 0 fully saturated rings. The first-order chi connectivity index (χ1) is 15.0. The van der Waals surface area contributed by atoms with Gasteiger partial charge < -0.3 is 19.8 Å². The second-order valence-electron chi connectivity index (χ2n) is 6.65. The molecule has 0 bridgehead atoms. The highest BCUT2D eigenvalue weighted by Crippen LogP contribution is 2.28. The normalized spacial score (nSPS) is 10.6. The summed E-state index contributed by atoms with van der Waals surface area (Å²) < 4.78 is 10.4. The third-order valence-electron chi connectivity index (χ3n) is 4.74. The molecule has 1 heterocycles. The number of imidazole rings is 1. The van der Waals surface area contributed by atoms with Crippen molar-refractivity contribution in [2.45, 2.75) is 0 Å². The van der Waals surface area contributed by atoms with Gasteiger partial charge in [-0.05, 0) is 48.5 Å². The van der Waals surface area contributed by atoms with Crippen molar-refractivity contribution in [3.8, 4) is 22.9 Å². The van der Waals surface area contributed by atoms with E-state index in [0.29, 0.717) is 39.6 Å². The average molecular weight is 418 g/mol. The zero-order chi connectivity index (χ0) is 22.0. The number of carbonyl (C=O) groups is 1. The van der Waals surface area contributed by atoms with Gasteiger partial charge in [0.2, 0.25) is 0 Å². The summed E-state index contributed by atoms with van der Waals surface area (Å²) in [5.41, 5.74) is 3.02. The highest BCUT2D eigenvalue weighted by atomic mass is 16.6. The molecular formula is C22H18N4O5. The van der Waals surface area contributed by atoms with Crippen molar-refractivity contribution >= 4 is 28.3 Å². The Morgan fingerprint density at radius 3 is 2.42 bits per heavy atom. The molecule has 0 aliphatic rings. The zero-order valence-electron chi connectivity index (χ0n) is 16.7. The fraction of sp³-hybridized carbons (Fsp3) is 0.0909. The number of nitro benzene ring substituents is 1. The lowest BCUT2D eigenvalue weighted by Crippen LogP contribution is -2.12. The number of hydrogen-bond acceptors (Lipinski definition) is 6. The van der Waals surface area contributed by atoms with Crippen LogP contribution in [0.3, 0.4) is 0 Å². The number of ether oxygens (including phenoxy) is 2. The Kier molecular flexibility index (Phi) is 5.23. The predicted octanol–water partition coefficient (Wildman–Crippen LogP) is 4.41. The third-order valence-corrected chi connectivity index (χ3v) is 4.74. The van der Waals surface area contributed by atoms with Crippen molar-refractivity contribution in [2.24, 2.45) is 0 Å². The van der Waals surface area contributed by atoms with Crippen LogP contribution in [0.25, 0.3) is 22.4 Å². The van der Waals surface area contributed by atoms with Crippen molar-refractivity contribution in [3.63, 3.8) is 0 Å². The Hall–Kier alpha value is -4.40. The second kappa shape index (κ2) is 8.15. The van der Waals surface area contributed by atoms with Gasteiger partial charge in [0.15, 0.2) is 11.5 Å². The lowest BCUT2D eigenvalue weighted by Gasteiger charge is -2.10. The number of fused-ring (bicyclic) bond motifs is 1. The van der Waals surface area contributed by atoms with Gasteiger partial charge in [0, 0.05) is 28.9 Å². The molecule has 0 radical (unpaired) electrons. The van der Waals surface area contributed by atoms with E-state index in [9.17, 15) is 14.9 Å². The van der Waals surface area contributed by atoms with Gasteiger partial charge in [-0.15, -0.1) is 0 Å². The molecule has 1 aromatic heterocycles. The number of nitrogens with one attached hydrogen (secondary N) is 2. The quantitative estimate of drug-likeness (QED) is 0.354. The van der Waals surface area contributed by atoms with Crippen molar-refractivity contribution in [3.05, 3.63) is 76.3 Å². The Balaban J connectivity index is 1.52. The molecular weight excluding hydrogens is 400 g/mol. The van der Waals surface area contributed by atoms with E-state index in [1.165, 1.54) is 26.4 Å². The summed E-state index contributed by atoms with van der Waals surface area (Å²) in [6.45, 7) is 0. The summed E-state index contributed by atoms with van der Waals surface area (Å²) in [4.78, 5) is 30.6. The fourth-order valence-corrected chi connectivity index (χ4v) is 3.14. The lowest BCUT2D eigenvalue weighted by molar-refractivity contribution is -0.384. The minimum absolute atomic E-state index is 0.00378. The van der Waals surface area contributed by atoms with Crippen LogP contribution < -0.4 is 14.8 Å². The van der Waals surface area contributed by atoms with Crippen LogP contribution in [0.15, 0.2) is 60.7 Å². The SMILES string of the molecule is COc1ccc(C(=O)Nc2ccc(-c3nc4ccc([N+](=O)[O-])cc4[nH]3)cc2)cc1OC.